The average Bonchev–Trinajstić information content (AvgIpc) is 3.23. The quantitative estimate of drug-likeness (QED) is 0.400. The molecule has 2 aliphatic rings. The highest BCUT2D eigenvalue weighted by Crippen LogP contribution is 2.45. The summed E-state index contributed by atoms with van der Waals surface area (Å²) < 4.78 is 49.6. The molecule has 1 aromatic rings. The lowest BCUT2D eigenvalue weighted by Gasteiger charge is -2.38. The van der Waals surface area contributed by atoms with Gasteiger partial charge in [0.2, 0.25) is 12.5 Å². The number of hydrogen-bond acceptors (Lipinski definition) is 9. The summed E-state index contributed by atoms with van der Waals surface area (Å²) in [6, 6.07) is 3.84. The third kappa shape index (κ3) is 5.00. The normalized spacial score (nSPS) is 25.4. The van der Waals surface area contributed by atoms with Crippen LogP contribution in [0.1, 0.15) is 11.5 Å². The summed E-state index contributed by atoms with van der Waals surface area (Å²) in [5.74, 6) is 1.66. The summed E-state index contributed by atoms with van der Waals surface area (Å²) in [5, 5.41) is 0. The van der Waals surface area contributed by atoms with Crippen molar-refractivity contribution in [3.63, 3.8) is 0 Å². The highest BCUT2D eigenvalue weighted by molar-refractivity contribution is 5.56. The van der Waals surface area contributed by atoms with E-state index in [1.165, 1.54) is 0 Å². The van der Waals surface area contributed by atoms with Crippen molar-refractivity contribution in [3.8, 4) is 17.2 Å². The zero-order chi connectivity index (χ0) is 20.6. The first-order valence-electron chi connectivity index (χ1n) is 9.21. The molecular formula is C20H28O9. The first kappa shape index (κ1) is 21.8. The monoisotopic (exact) mass is 412 g/mol. The summed E-state index contributed by atoms with van der Waals surface area (Å²) in [5.41, 5.74) is 0.930. The molecule has 0 radical (unpaired) electrons. The number of benzene rings is 1. The molecule has 0 aromatic heterocycles. The van der Waals surface area contributed by atoms with Crippen LogP contribution in [0.25, 0.3) is 0 Å². The third-order valence-electron chi connectivity index (χ3n) is 4.71. The van der Waals surface area contributed by atoms with Crippen molar-refractivity contribution < 1.29 is 42.6 Å². The molecule has 0 saturated heterocycles. The molecule has 0 unspecified atom stereocenters. The van der Waals surface area contributed by atoms with Crippen LogP contribution in [0.3, 0.4) is 0 Å². The second-order valence-corrected chi connectivity index (χ2v) is 6.48. The second-order valence-electron chi connectivity index (χ2n) is 6.48. The minimum Gasteiger partial charge on any atom is -0.493 e. The van der Waals surface area contributed by atoms with Gasteiger partial charge in [-0.25, -0.2) is 0 Å². The highest BCUT2D eigenvalue weighted by Gasteiger charge is 2.40. The fraction of sp³-hybridized carbons (Fsp3) is 0.600. The van der Waals surface area contributed by atoms with Gasteiger partial charge in [-0.3, -0.25) is 0 Å². The van der Waals surface area contributed by atoms with Gasteiger partial charge in [-0.2, -0.15) is 0 Å². The maximum absolute atomic E-state index is 6.02. The van der Waals surface area contributed by atoms with Crippen molar-refractivity contribution in [1.29, 1.82) is 0 Å². The molecule has 1 aromatic carbocycles. The van der Waals surface area contributed by atoms with E-state index in [0.29, 0.717) is 17.2 Å². The Morgan fingerprint density at radius 2 is 1.52 bits per heavy atom. The predicted octanol–water partition coefficient (Wildman–Crippen LogP) is 2.04. The van der Waals surface area contributed by atoms with E-state index in [0.717, 1.165) is 5.56 Å². The standard InChI is InChI=1S/C20H28O9/c1-21-9-25-15-6-5-14(18(27-10-22-2)20(15)28-11-23-3)13-7-16(24-4)19-17(8-13)26-12-29-19/h5-8,14-15,18,20H,9-12H2,1-4H3/t14-,15-,18+,20+/m0/s1. The van der Waals surface area contributed by atoms with Gasteiger partial charge in [-0.1, -0.05) is 12.2 Å². The predicted molar refractivity (Wildman–Crippen MR) is 101 cm³/mol. The molecule has 0 fully saturated rings. The van der Waals surface area contributed by atoms with Crippen LogP contribution in [-0.2, 0) is 28.4 Å². The first-order chi connectivity index (χ1) is 14.2. The van der Waals surface area contributed by atoms with Gasteiger partial charge in [0.25, 0.3) is 0 Å². The number of ether oxygens (including phenoxy) is 9. The van der Waals surface area contributed by atoms with Crippen LogP contribution < -0.4 is 14.2 Å². The molecule has 29 heavy (non-hydrogen) atoms. The van der Waals surface area contributed by atoms with Crippen LogP contribution >= 0.6 is 0 Å². The number of rotatable bonds is 11. The zero-order valence-corrected chi connectivity index (χ0v) is 17.1. The molecule has 1 aliphatic heterocycles. The molecule has 0 bridgehead atoms. The Bertz CT molecular complexity index is 678. The fourth-order valence-electron chi connectivity index (χ4n) is 3.46. The number of methoxy groups -OCH3 is 4. The summed E-state index contributed by atoms with van der Waals surface area (Å²) in [4.78, 5) is 0. The van der Waals surface area contributed by atoms with E-state index in [2.05, 4.69) is 0 Å². The van der Waals surface area contributed by atoms with Crippen LogP contribution in [0.15, 0.2) is 24.3 Å². The molecule has 9 heteroatoms. The fourth-order valence-corrected chi connectivity index (χ4v) is 3.46. The maximum atomic E-state index is 6.02. The van der Waals surface area contributed by atoms with Crippen LogP contribution in [0.5, 0.6) is 17.2 Å². The van der Waals surface area contributed by atoms with E-state index in [9.17, 15) is 0 Å². The van der Waals surface area contributed by atoms with E-state index >= 15 is 0 Å². The molecule has 9 nitrogen and oxygen atoms in total. The van der Waals surface area contributed by atoms with Crippen molar-refractivity contribution in [3.05, 3.63) is 29.8 Å². The van der Waals surface area contributed by atoms with Crippen molar-refractivity contribution in [1.82, 2.24) is 0 Å². The van der Waals surface area contributed by atoms with Crippen LogP contribution in [0.4, 0.5) is 0 Å². The summed E-state index contributed by atoms with van der Waals surface area (Å²) in [6.07, 6.45) is 2.71. The lowest BCUT2D eigenvalue weighted by molar-refractivity contribution is -0.203. The van der Waals surface area contributed by atoms with Gasteiger partial charge in [0.15, 0.2) is 11.5 Å². The number of hydrogen-bond donors (Lipinski definition) is 0. The summed E-state index contributed by atoms with van der Waals surface area (Å²) in [6.45, 7) is 0.475. The Labute approximate surface area is 170 Å². The van der Waals surface area contributed by atoms with Gasteiger partial charge >= 0.3 is 0 Å². The SMILES string of the molecule is COCO[C@H]1[C@H](OCOC)[C@H](c2cc(OC)c3c(c2)OCO3)C=C[C@@H]1OCOC. The Kier molecular flexibility index (Phi) is 8.10. The van der Waals surface area contributed by atoms with E-state index in [-0.39, 0.29) is 39.2 Å². The number of fused-ring (bicyclic) bond motifs is 1. The molecule has 0 N–H and O–H groups in total. The Hall–Kier alpha value is -1.88. The molecule has 162 valence electrons. The summed E-state index contributed by atoms with van der Waals surface area (Å²) >= 11 is 0. The molecule has 4 atom stereocenters. The Morgan fingerprint density at radius 3 is 2.21 bits per heavy atom. The summed E-state index contributed by atoms with van der Waals surface area (Å²) in [7, 11) is 6.30. The molecule has 0 amide bonds. The highest BCUT2D eigenvalue weighted by atomic mass is 16.7. The van der Waals surface area contributed by atoms with E-state index in [1.54, 1.807) is 28.4 Å². The van der Waals surface area contributed by atoms with Crippen molar-refractivity contribution in [2.75, 3.05) is 55.6 Å². The third-order valence-corrected chi connectivity index (χ3v) is 4.71. The molecule has 3 rings (SSSR count). The second kappa shape index (κ2) is 10.8. The zero-order valence-electron chi connectivity index (χ0n) is 17.1. The lowest BCUT2D eigenvalue weighted by atomic mass is 9.83. The van der Waals surface area contributed by atoms with Crippen LogP contribution in [-0.4, -0.2) is 73.9 Å². The first-order valence-corrected chi connectivity index (χ1v) is 9.21. The van der Waals surface area contributed by atoms with E-state index in [1.807, 2.05) is 24.3 Å². The van der Waals surface area contributed by atoms with Gasteiger partial charge in [-0.15, -0.1) is 0 Å². The molecular weight excluding hydrogens is 384 g/mol. The van der Waals surface area contributed by atoms with Crippen LogP contribution in [0.2, 0.25) is 0 Å². The van der Waals surface area contributed by atoms with Gasteiger partial charge in [0.1, 0.15) is 32.6 Å². The van der Waals surface area contributed by atoms with Gasteiger partial charge in [0, 0.05) is 27.2 Å². The largest absolute Gasteiger partial charge is 0.493 e. The lowest BCUT2D eigenvalue weighted by Crippen LogP contribution is -2.48. The Balaban J connectivity index is 1.94. The minimum atomic E-state index is -0.452. The van der Waals surface area contributed by atoms with E-state index in [4.69, 9.17) is 42.6 Å². The molecule has 0 spiro atoms. The smallest absolute Gasteiger partial charge is 0.231 e. The topological polar surface area (TPSA) is 83.1 Å². The van der Waals surface area contributed by atoms with Crippen molar-refractivity contribution in [2.24, 2.45) is 0 Å². The molecule has 1 aliphatic carbocycles. The maximum Gasteiger partial charge on any atom is 0.231 e. The van der Waals surface area contributed by atoms with Crippen molar-refractivity contribution in [2.45, 2.75) is 24.2 Å². The van der Waals surface area contributed by atoms with Crippen molar-refractivity contribution >= 4 is 0 Å². The van der Waals surface area contributed by atoms with Gasteiger partial charge in [-0.05, 0) is 17.7 Å². The van der Waals surface area contributed by atoms with E-state index < -0.39 is 12.2 Å². The molecule has 1 heterocycles. The van der Waals surface area contributed by atoms with Gasteiger partial charge < -0.3 is 42.6 Å². The van der Waals surface area contributed by atoms with Gasteiger partial charge in [0.05, 0.1) is 13.2 Å². The molecule has 0 saturated carbocycles. The Morgan fingerprint density at radius 1 is 0.828 bits per heavy atom. The average molecular weight is 412 g/mol. The minimum absolute atomic E-state index is 0.0926. The van der Waals surface area contributed by atoms with Crippen LogP contribution in [0, 0.1) is 0 Å².